The number of imidazole rings is 1. The fourth-order valence-corrected chi connectivity index (χ4v) is 8.02. The SMILES string of the molecule is Cc1cc([C@@H](C)C(OC(=O)N2CCC(N3CCc4ccccc4NC3=O)CC2)C(=O)N2CCC(N3CCNCC3)CC2)cc2[nH]cnc12. The van der Waals surface area contributed by atoms with Crippen molar-refractivity contribution < 1.29 is 19.1 Å². The van der Waals surface area contributed by atoms with E-state index in [0.29, 0.717) is 51.6 Å². The normalized spacial score (nSPS) is 21.4. The largest absolute Gasteiger partial charge is 0.435 e. The number of carbonyl (C=O) groups is 3. The zero-order chi connectivity index (χ0) is 33.2. The molecule has 2 aromatic carbocycles. The number of nitrogens with one attached hydrogen (secondary N) is 3. The van der Waals surface area contributed by atoms with E-state index in [9.17, 15) is 14.4 Å². The Bertz CT molecular complexity index is 1620. The Balaban J connectivity index is 1.02. The summed E-state index contributed by atoms with van der Waals surface area (Å²) in [7, 11) is 0. The van der Waals surface area contributed by atoms with Gasteiger partial charge in [-0.1, -0.05) is 31.2 Å². The van der Waals surface area contributed by atoms with Crippen LogP contribution in [-0.4, -0.2) is 125 Å². The highest BCUT2D eigenvalue weighted by atomic mass is 16.6. The van der Waals surface area contributed by atoms with Gasteiger partial charge in [-0.3, -0.25) is 9.69 Å². The van der Waals surface area contributed by atoms with Crippen LogP contribution in [0, 0.1) is 6.92 Å². The maximum Gasteiger partial charge on any atom is 0.410 e. The minimum Gasteiger partial charge on any atom is -0.435 e. The van der Waals surface area contributed by atoms with E-state index < -0.39 is 12.2 Å². The molecule has 3 saturated heterocycles. The number of hydrogen-bond donors (Lipinski definition) is 3. The van der Waals surface area contributed by atoms with E-state index in [0.717, 1.165) is 78.9 Å². The molecule has 0 bridgehead atoms. The molecule has 7 rings (SSSR count). The van der Waals surface area contributed by atoms with Crippen LogP contribution in [0.15, 0.2) is 42.7 Å². The van der Waals surface area contributed by atoms with E-state index in [4.69, 9.17) is 4.74 Å². The summed E-state index contributed by atoms with van der Waals surface area (Å²) in [4.78, 5) is 56.9. The lowest BCUT2D eigenvalue weighted by Gasteiger charge is -2.41. The molecule has 3 fully saturated rings. The number of carbonyl (C=O) groups excluding carboxylic acids is 3. The van der Waals surface area contributed by atoms with Crippen LogP contribution in [0.5, 0.6) is 0 Å². The number of benzene rings is 2. The molecule has 0 saturated carbocycles. The summed E-state index contributed by atoms with van der Waals surface area (Å²) in [5.74, 6) is -0.494. The lowest BCUT2D eigenvalue weighted by molar-refractivity contribution is -0.143. The average Bonchev–Trinajstić information content (AvgIpc) is 3.54. The third-order valence-corrected chi connectivity index (χ3v) is 10.9. The Morgan fingerprint density at radius 2 is 1.62 bits per heavy atom. The first-order valence-corrected chi connectivity index (χ1v) is 17.6. The number of hydrogen-bond acceptors (Lipinski definition) is 7. The Hall–Kier alpha value is -4.16. The van der Waals surface area contributed by atoms with Crippen LogP contribution in [0.2, 0.25) is 0 Å². The molecule has 4 amide bonds. The van der Waals surface area contributed by atoms with Crippen LogP contribution in [0.25, 0.3) is 11.0 Å². The smallest absolute Gasteiger partial charge is 0.410 e. The Morgan fingerprint density at radius 1 is 0.917 bits per heavy atom. The zero-order valence-electron chi connectivity index (χ0n) is 28.1. The number of ether oxygens (including phenoxy) is 1. The van der Waals surface area contributed by atoms with Crippen LogP contribution in [0.4, 0.5) is 15.3 Å². The van der Waals surface area contributed by atoms with Gasteiger partial charge < -0.3 is 35.1 Å². The molecule has 12 nitrogen and oxygen atoms in total. The van der Waals surface area contributed by atoms with Crippen molar-refractivity contribution in [2.24, 2.45) is 0 Å². The van der Waals surface area contributed by atoms with E-state index >= 15 is 0 Å². The lowest BCUT2D eigenvalue weighted by atomic mass is 9.91. The van der Waals surface area contributed by atoms with Gasteiger partial charge in [-0.2, -0.15) is 0 Å². The van der Waals surface area contributed by atoms with Crippen molar-refractivity contribution in [3.8, 4) is 0 Å². The first-order chi connectivity index (χ1) is 23.4. The van der Waals surface area contributed by atoms with Crippen molar-refractivity contribution in [2.45, 2.75) is 70.1 Å². The molecule has 48 heavy (non-hydrogen) atoms. The summed E-state index contributed by atoms with van der Waals surface area (Å²) in [5, 5.41) is 6.49. The van der Waals surface area contributed by atoms with Gasteiger partial charge >= 0.3 is 12.1 Å². The summed E-state index contributed by atoms with van der Waals surface area (Å²) in [6, 6.07) is 12.4. The third kappa shape index (κ3) is 6.73. The van der Waals surface area contributed by atoms with Crippen molar-refractivity contribution >= 4 is 34.8 Å². The number of piperidine rings is 2. The summed E-state index contributed by atoms with van der Waals surface area (Å²) in [6.45, 7) is 10.9. The molecule has 0 aliphatic carbocycles. The molecule has 1 unspecified atom stereocenters. The Labute approximate surface area is 282 Å². The summed E-state index contributed by atoms with van der Waals surface area (Å²) >= 11 is 0. The third-order valence-electron chi connectivity index (χ3n) is 10.9. The van der Waals surface area contributed by atoms with Crippen LogP contribution >= 0.6 is 0 Å². The molecule has 12 heteroatoms. The minimum atomic E-state index is -0.958. The van der Waals surface area contributed by atoms with Gasteiger partial charge in [0.15, 0.2) is 6.10 Å². The number of anilines is 1. The van der Waals surface area contributed by atoms with Gasteiger partial charge in [0.25, 0.3) is 5.91 Å². The lowest BCUT2D eigenvalue weighted by Crippen LogP contribution is -2.55. The van der Waals surface area contributed by atoms with E-state index in [1.807, 2.05) is 47.9 Å². The molecular weight excluding hydrogens is 608 g/mol. The molecular formula is C36H48N8O4. The molecule has 3 N–H and O–H groups in total. The maximum absolute atomic E-state index is 14.3. The Kier molecular flexibility index (Phi) is 9.54. The van der Waals surface area contributed by atoms with Crippen molar-refractivity contribution in [3.05, 3.63) is 59.4 Å². The first kappa shape index (κ1) is 32.4. The van der Waals surface area contributed by atoms with Gasteiger partial charge in [-0.25, -0.2) is 14.6 Å². The average molecular weight is 657 g/mol. The van der Waals surface area contributed by atoms with Crippen LogP contribution < -0.4 is 10.6 Å². The summed E-state index contributed by atoms with van der Waals surface area (Å²) in [6.07, 6.45) is 4.18. The predicted octanol–water partition coefficient (Wildman–Crippen LogP) is 3.93. The highest BCUT2D eigenvalue weighted by molar-refractivity contribution is 5.91. The molecule has 0 spiro atoms. The molecule has 4 aliphatic heterocycles. The second-order valence-electron chi connectivity index (χ2n) is 13.8. The number of fused-ring (bicyclic) bond motifs is 2. The quantitative estimate of drug-likeness (QED) is 0.367. The van der Waals surface area contributed by atoms with E-state index in [1.165, 1.54) is 0 Å². The fourth-order valence-electron chi connectivity index (χ4n) is 8.02. The number of nitrogens with zero attached hydrogens (tertiary/aromatic N) is 5. The highest BCUT2D eigenvalue weighted by Crippen LogP contribution is 2.30. The summed E-state index contributed by atoms with van der Waals surface area (Å²) < 4.78 is 6.22. The number of rotatable bonds is 6. The number of aromatic amines is 1. The van der Waals surface area contributed by atoms with E-state index in [2.05, 4.69) is 37.6 Å². The number of likely N-dealkylation sites (tertiary alicyclic amines) is 2. The van der Waals surface area contributed by atoms with Crippen molar-refractivity contribution in [2.75, 3.05) is 64.2 Å². The summed E-state index contributed by atoms with van der Waals surface area (Å²) in [5.41, 5.74) is 5.73. The standard InChI is InChI=1S/C36H48N8O4/c1-24-21-27(22-31-32(24)39-23-38-31)25(2)33(34(45)42-14-8-28(9-15-42)41-19-12-37-13-20-41)48-36(47)43-16-10-29(11-17-43)44-18-7-26-5-3-4-6-30(26)40-35(44)46/h3-6,21-23,25,28-29,33,37H,7-20H2,1-2H3,(H,38,39)(H,40,46)/t25-,33?/m1/s1. The van der Waals surface area contributed by atoms with E-state index in [-0.39, 0.29) is 23.9 Å². The number of para-hydroxylation sites is 1. The second-order valence-corrected chi connectivity index (χ2v) is 13.8. The van der Waals surface area contributed by atoms with Crippen molar-refractivity contribution in [1.82, 2.24) is 34.9 Å². The van der Waals surface area contributed by atoms with Crippen molar-refractivity contribution in [3.63, 3.8) is 0 Å². The molecule has 256 valence electrons. The number of H-pyrrole nitrogens is 1. The highest BCUT2D eigenvalue weighted by Gasteiger charge is 2.39. The number of amides is 4. The number of aryl methyl sites for hydroxylation is 1. The molecule has 3 aromatic rings. The molecule has 2 atom stereocenters. The van der Waals surface area contributed by atoms with Crippen molar-refractivity contribution in [1.29, 1.82) is 0 Å². The van der Waals surface area contributed by atoms with E-state index in [1.54, 1.807) is 11.2 Å². The number of urea groups is 1. The van der Waals surface area contributed by atoms with Gasteiger partial charge in [0, 0.05) is 82.6 Å². The minimum absolute atomic E-state index is 0.0285. The predicted molar refractivity (Wildman–Crippen MR) is 184 cm³/mol. The maximum atomic E-state index is 14.3. The topological polar surface area (TPSA) is 126 Å². The molecule has 4 aliphatic rings. The second kappa shape index (κ2) is 14.1. The van der Waals surface area contributed by atoms with Gasteiger partial charge in [-0.15, -0.1) is 0 Å². The molecule has 1 aromatic heterocycles. The monoisotopic (exact) mass is 656 g/mol. The molecule has 0 radical (unpaired) electrons. The van der Waals surface area contributed by atoms with Gasteiger partial charge in [0.1, 0.15) is 0 Å². The van der Waals surface area contributed by atoms with Crippen LogP contribution in [0.1, 0.15) is 55.2 Å². The van der Waals surface area contributed by atoms with Gasteiger partial charge in [0.2, 0.25) is 0 Å². The van der Waals surface area contributed by atoms with Crippen LogP contribution in [0.3, 0.4) is 0 Å². The van der Waals surface area contributed by atoms with Gasteiger partial charge in [-0.05, 0) is 67.9 Å². The zero-order valence-corrected chi connectivity index (χ0v) is 28.1. The number of piperazine rings is 1. The molecule has 5 heterocycles. The fraction of sp³-hybridized carbons (Fsp3) is 0.556. The Morgan fingerprint density at radius 3 is 2.40 bits per heavy atom. The first-order valence-electron chi connectivity index (χ1n) is 17.6. The van der Waals surface area contributed by atoms with Crippen LogP contribution in [-0.2, 0) is 16.0 Å². The van der Waals surface area contributed by atoms with Gasteiger partial charge in [0.05, 0.1) is 17.4 Å². The number of aromatic nitrogens is 2.